The summed E-state index contributed by atoms with van der Waals surface area (Å²) in [5.74, 6) is 0.519. The summed E-state index contributed by atoms with van der Waals surface area (Å²) in [5, 5.41) is 6.88. The van der Waals surface area contributed by atoms with Crippen LogP contribution in [0.25, 0.3) is 10.9 Å². The molecule has 0 unspecified atom stereocenters. The fraction of sp³-hybridized carbons (Fsp3) is 0.414. The molecule has 1 atom stereocenters. The Morgan fingerprint density at radius 1 is 1.03 bits per heavy atom. The van der Waals surface area contributed by atoms with Crippen molar-refractivity contribution in [2.45, 2.75) is 64.8 Å². The molecule has 1 heterocycles. The number of Topliss-reactive ketones (excluding diaryl/α,β-unsaturated/α-hetero) is 1. The number of nitrogens with one attached hydrogen (secondary N) is 3. The lowest BCUT2D eigenvalue weighted by atomic mass is 10.0. The number of ether oxygens (including phenoxy) is 1. The second-order valence-electron chi connectivity index (χ2n) is 9.26. The van der Waals surface area contributed by atoms with E-state index in [4.69, 9.17) is 4.74 Å². The zero-order chi connectivity index (χ0) is 25.9. The third kappa shape index (κ3) is 7.97. The van der Waals surface area contributed by atoms with Gasteiger partial charge in [-0.15, -0.1) is 0 Å². The molecule has 3 N–H and O–H groups in total. The molecule has 0 fully saturated rings. The second-order valence-corrected chi connectivity index (χ2v) is 9.26. The number of unbranched alkanes of at least 4 members (excludes halogenated alkanes) is 2. The van der Waals surface area contributed by atoms with Gasteiger partial charge in [-0.05, 0) is 62.4 Å². The van der Waals surface area contributed by atoms with E-state index in [0.29, 0.717) is 19.4 Å². The number of carbonyl (C=O) groups excluding carboxylic acids is 3. The maximum Gasteiger partial charge on any atom is 0.242 e. The van der Waals surface area contributed by atoms with Crippen LogP contribution in [0.4, 0.5) is 0 Å². The van der Waals surface area contributed by atoms with Gasteiger partial charge in [0.2, 0.25) is 11.8 Å². The predicted molar refractivity (Wildman–Crippen MR) is 142 cm³/mol. The van der Waals surface area contributed by atoms with E-state index in [1.165, 1.54) is 0 Å². The van der Waals surface area contributed by atoms with Gasteiger partial charge in [-0.3, -0.25) is 9.59 Å². The smallest absolute Gasteiger partial charge is 0.242 e. The lowest BCUT2D eigenvalue weighted by Gasteiger charge is -2.19. The molecule has 3 rings (SSSR count). The van der Waals surface area contributed by atoms with Gasteiger partial charge in [0, 0.05) is 29.6 Å². The highest BCUT2D eigenvalue weighted by Crippen LogP contribution is 2.26. The van der Waals surface area contributed by atoms with Crippen molar-refractivity contribution in [3.05, 3.63) is 65.4 Å². The summed E-state index contributed by atoms with van der Waals surface area (Å²) in [7, 11) is 1.62. The first kappa shape index (κ1) is 27.0. The minimum absolute atomic E-state index is 0.164. The van der Waals surface area contributed by atoms with E-state index in [9.17, 15) is 14.4 Å². The first-order valence-corrected chi connectivity index (χ1v) is 12.6. The summed E-state index contributed by atoms with van der Waals surface area (Å²) in [6.45, 7) is 4.03. The van der Waals surface area contributed by atoms with Crippen molar-refractivity contribution in [2.75, 3.05) is 13.7 Å². The minimum Gasteiger partial charge on any atom is -0.497 e. The van der Waals surface area contributed by atoms with Crippen molar-refractivity contribution in [1.29, 1.82) is 0 Å². The fourth-order valence-electron chi connectivity index (χ4n) is 4.39. The Labute approximate surface area is 213 Å². The molecule has 3 aromatic rings. The molecule has 0 radical (unpaired) electrons. The van der Waals surface area contributed by atoms with Crippen molar-refractivity contribution in [3.8, 4) is 5.75 Å². The summed E-state index contributed by atoms with van der Waals surface area (Å²) < 4.78 is 5.35. The highest BCUT2D eigenvalue weighted by atomic mass is 16.5. The monoisotopic (exact) mass is 491 g/mol. The topological polar surface area (TPSA) is 100 Å². The molecule has 7 heteroatoms. The Kier molecular flexibility index (Phi) is 10.1. The summed E-state index contributed by atoms with van der Waals surface area (Å²) in [6.07, 6.45) is 4.35. The highest BCUT2D eigenvalue weighted by molar-refractivity contribution is 5.93. The average molecular weight is 492 g/mol. The van der Waals surface area contributed by atoms with Gasteiger partial charge in [0.25, 0.3) is 0 Å². The molecule has 2 amide bonds. The Morgan fingerprint density at radius 3 is 2.53 bits per heavy atom. The standard InChI is InChI=1S/C29H37N3O4/c1-20(33)10-6-4-9-13-27(29(35)30-17-16-22-11-7-5-8-12-22)32-28(34)19-24-21(2)31-26-15-14-23(36-3)18-25(24)26/h5,7-8,11-12,14-15,18,27,31H,4,6,9-10,13,16-17,19H2,1-3H3,(H,30,35)(H,32,34)/t27-/m0/s1. The first-order chi connectivity index (χ1) is 17.4. The van der Waals surface area contributed by atoms with Gasteiger partial charge >= 0.3 is 0 Å². The highest BCUT2D eigenvalue weighted by Gasteiger charge is 2.22. The van der Waals surface area contributed by atoms with Gasteiger partial charge in [0.05, 0.1) is 13.5 Å². The molecule has 0 aliphatic carbocycles. The largest absolute Gasteiger partial charge is 0.497 e. The first-order valence-electron chi connectivity index (χ1n) is 12.6. The van der Waals surface area contributed by atoms with Crippen LogP contribution >= 0.6 is 0 Å². The summed E-state index contributed by atoms with van der Waals surface area (Å²) in [6, 6.07) is 15.1. The van der Waals surface area contributed by atoms with Crippen LogP contribution in [-0.2, 0) is 27.2 Å². The lowest BCUT2D eigenvalue weighted by molar-refractivity contribution is -0.128. The molecular formula is C29H37N3O4. The number of amides is 2. The van der Waals surface area contributed by atoms with Crippen LogP contribution in [0.2, 0.25) is 0 Å². The number of methoxy groups -OCH3 is 1. The van der Waals surface area contributed by atoms with Crippen molar-refractivity contribution in [2.24, 2.45) is 0 Å². The number of hydrogen-bond acceptors (Lipinski definition) is 4. The molecule has 192 valence electrons. The van der Waals surface area contributed by atoms with Crippen LogP contribution in [-0.4, -0.2) is 42.3 Å². The number of aromatic nitrogens is 1. The van der Waals surface area contributed by atoms with Crippen LogP contribution in [0.15, 0.2) is 48.5 Å². The van der Waals surface area contributed by atoms with Gasteiger partial charge in [-0.1, -0.05) is 43.2 Å². The molecule has 36 heavy (non-hydrogen) atoms. The average Bonchev–Trinajstić information content (AvgIpc) is 3.17. The predicted octanol–water partition coefficient (Wildman–Crippen LogP) is 4.41. The van der Waals surface area contributed by atoms with Crippen LogP contribution < -0.4 is 15.4 Å². The molecule has 0 saturated heterocycles. The van der Waals surface area contributed by atoms with Gasteiger partial charge in [0.15, 0.2) is 0 Å². The van der Waals surface area contributed by atoms with Crippen LogP contribution in [0.3, 0.4) is 0 Å². The number of ketones is 1. The number of carbonyl (C=O) groups is 3. The van der Waals surface area contributed by atoms with Crippen molar-refractivity contribution in [3.63, 3.8) is 0 Å². The van der Waals surface area contributed by atoms with Crippen molar-refractivity contribution < 1.29 is 19.1 Å². The zero-order valence-electron chi connectivity index (χ0n) is 21.5. The van der Waals surface area contributed by atoms with Crippen LogP contribution in [0.5, 0.6) is 5.75 Å². The third-order valence-electron chi connectivity index (χ3n) is 6.39. The summed E-state index contributed by atoms with van der Waals surface area (Å²) >= 11 is 0. The normalized spacial score (nSPS) is 11.8. The number of aromatic amines is 1. The van der Waals surface area contributed by atoms with E-state index < -0.39 is 6.04 Å². The zero-order valence-corrected chi connectivity index (χ0v) is 21.5. The van der Waals surface area contributed by atoms with Gasteiger partial charge in [-0.2, -0.15) is 0 Å². The summed E-state index contributed by atoms with van der Waals surface area (Å²) in [5.41, 5.74) is 3.90. The molecule has 0 saturated carbocycles. The van der Waals surface area contributed by atoms with Crippen LogP contribution in [0, 0.1) is 6.92 Å². The summed E-state index contributed by atoms with van der Waals surface area (Å²) in [4.78, 5) is 40.6. The van der Waals surface area contributed by atoms with Gasteiger partial charge in [-0.25, -0.2) is 0 Å². The van der Waals surface area contributed by atoms with Crippen LogP contribution in [0.1, 0.15) is 55.8 Å². The molecular weight excluding hydrogens is 454 g/mol. The van der Waals surface area contributed by atoms with E-state index in [2.05, 4.69) is 15.6 Å². The number of H-pyrrole nitrogens is 1. The van der Waals surface area contributed by atoms with Gasteiger partial charge < -0.3 is 25.1 Å². The second kappa shape index (κ2) is 13.5. The van der Waals surface area contributed by atoms with Crippen molar-refractivity contribution in [1.82, 2.24) is 15.6 Å². The lowest BCUT2D eigenvalue weighted by Crippen LogP contribution is -2.47. The minimum atomic E-state index is -0.620. The molecule has 2 aromatic carbocycles. The Bertz CT molecular complexity index is 1170. The Hall–Kier alpha value is -3.61. The third-order valence-corrected chi connectivity index (χ3v) is 6.39. The van der Waals surface area contributed by atoms with E-state index in [0.717, 1.165) is 59.2 Å². The maximum atomic E-state index is 13.1. The van der Waals surface area contributed by atoms with E-state index in [-0.39, 0.29) is 24.0 Å². The van der Waals surface area contributed by atoms with E-state index in [1.807, 2.05) is 55.5 Å². The fourth-order valence-corrected chi connectivity index (χ4v) is 4.39. The number of hydrogen-bond donors (Lipinski definition) is 3. The van der Waals surface area contributed by atoms with Crippen molar-refractivity contribution >= 4 is 28.5 Å². The SMILES string of the molecule is COc1ccc2[nH]c(C)c(CC(=O)N[C@@H](CCCCCC(C)=O)C(=O)NCCc3ccccc3)c2c1. The number of fused-ring (bicyclic) bond motifs is 1. The molecule has 0 aliphatic rings. The van der Waals surface area contributed by atoms with Gasteiger partial charge in [0.1, 0.15) is 17.6 Å². The molecule has 1 aromatic heterocycles. The maximum absolute atomic E-state index is 13.1. The molecule has 0 aliphatic heterocycles. The number of benzene rings is 2. The number of rotatable bonds is 14. The quantitative estimate of drug-likeness (QED) is 0.291. The van der Waals surface area contributed by atoms with E-state index >= 15 is 0 Å². The molecule has 0 bridgehead atoms. The molecule has 7 nitrogen and oxygen atoms in total. The Morgan fingerprint density at radius 2 is 1.81 bits per heavy atom. The molecule has 0 spiro atoms. The Balaban J connectivity index is 1.63. The number of aryl methyl sites for hydroxylation is 1. The van der Waals surface area contributed by atoms with E-state index in [1.54, 1.807) is 14.0 Å².